The number of sulfonamides is 1. The van der Waals surface area contributed by atoms with Crippen LogP contribution in [-0.2, 0) is 10.0 Å². The lowest BCUT2D eigenvalue weighted by Gasteiger charge is -2.13. The van der Waals surface area contributed by atoms with Gasteiger partial charge in [-0.15, -0.1) is 0 Å². The quantitative estimate of drug-likeness (QED) is 0.559. The van der Waals surface area contributed by atoms with Crippen molar-refractivity contribution in [1.29, 1.82) is 0 Å². The lowest BCUT2D eigenvalue weighted by molar-refractivity contribution is 0.102. The number of aryl methyl sites for hydroxylation is 2. The maximum atomic E-state index is 12.6. The molecule has 0 atom stereocenters. The van der Waals surface area contributed by atoms with Gasteiger partial charge in [0.2, 0.25) is 0 Å². The van der Waals surface area contributed by atoms with Crippen molar-refractivity contribution in [1.82, 2.24) is 0 Å². The predicted octanol–water partition coefficient (Wildman–Crippen LogP) is 5.02. The lowest BCUT2D eigenvalue weighted by atomic mass is 10.1. The molecular weight excluding hydrogens is 424 g/mol. The summed E-state index contributed by atoms with van der Waals surface area (Å²) >= 11 is 5.95. The zero-order chi connectivity index (χ0) is 21.9. The number of rotatable bonds is 6. The van der Waals surface area contributed by atoms with Crippen LogP contribution >= 0.6 is 11.6 Å². The topological polar surface area (TPSA) is 84.5 Å². The Kier molecular flexibility index (Phi) is 6.34. The molecule has 1 amide bonds. The molecule has 0 spiro atoms. The van der Waals surface area contributed by atoms with Gasteiger partial charge in [0.25, 0.3) is 15.9 Å². The summed E-state index contributed by atoms with van der Waals surface area (Å²) in [4.78, 5) is 12.7. The van der Waals surface area contributed by atoms with Crippen molar-refractivity contribution in [3.05, 3.63) is 82.4 Å². The summed E-state index contributed by atoms with van der Waals surface area (Å²) < 4.78 is 32.9. The molecule has 3 aromatic carbocycles. The molecule has 3 aromatic rings. The van der Waals surface area contributed by atoms with Gasteiger partial charge in [0.1, 0.15) is 5.75 Å². The second-order valence-electron chi connectivity index (χ2n) is 6.72. The van der Waals surface area contributed by atoms with Gasteiger partial charge in [-0.3, -0.25) is 9.52 Å². The van der Waals surface area contributed by atoms with E-state index in [0.29, 0.717) is 33.3 Å². The summed E-state index contributed by atoms with van der Waals surface area (Å²) in [5, 5.41) is 3.43. The summed E-state index contributed by atoms with van der Waals surface area (Å²) in [5.41, 5.74) is 2.93. The standard InChI is InChI=1S/C22H21ClN2O4S/c1-14-12-16(22(26)24-20-11-5-17(23)13-15(20)2)4-10-21(14)25-30(27,28)19-8-6-18(29-3)7-9-19/h4-13,25H,1-3H3,(H,24,26). The summed E-state index contributed by atoms with van der Waals surface area (Å²) in [5.74, 6) is 0.268. The average Bonchev–Trinajstić information content (AvgIpc) is 2.71. The summed E-state index contributed by atoms with van der Waals surface area (Å²) in [7, 11) is -2.26. The maximum absolute atomic E-state index is 12.6. The fourth-order valence-electron chi connectivity index (χ4n) is 2.84. The molecule has 0 aromatic heterocycles. The molecule has 6 nitrogen and oxygen atoms in total. The van der Waals surface area contributed by atoms with Gasteiger partial charge in [-0.1, -0.05) is 11.6 Å². The maximum Gasteiger partial charge on any atom is 0.261 e. The highest BCUT2D eigenvalue weighted by atomic mass is 35.5. The molecule has 0 saturated carbocycles. The minimum absolute atomic E-state index is 0.114. The van der Waals surface area contributed by atoms with Crippen molar-refractivity contribution in [3.8, 4) is 5.75 Å². The highest BCUT2D eigenvalue weighted by Gasteiger charge is 2.17. The van der Waals surface area contributed by atoms with Gasteiger partial charge in [0, 0.05) is 16.3 Å². The van der Waals surface area contributed by atoms with E-state index in [1.54, 1.807) is 55.5 Å². The Morgan fingerprint density at radius 3 is 2.13 bits per heavy atom. The summed E-state index contributed by atoms with van der Waals surface area (Å²) in [6.45, 7) is 3.58. The van der Waals surface area contributed by atoms with E-state index in [4.69, 9.17) is 16.3 Å². The molecule has 0 aliphatic heterocycles. The van der Waals surface area contributed by atoms with Crippen LogP contribution in [0.4, 0.5) is 11.4 Å². The van der Waals surface area contributed by atoms with Crippen LogP contribution in [0.1, 0.15) is 21.5 Å². The molecule has 3 rings (SSSR count). The molecule has 30 heavy (non-hydrogen) atoms. The fraction of sp³-hybridized carbons (Fsp3) is 0.136. The third-order valence-electron chi connectivity index (χ3n) is 4.54. The average molecular weight is 445 g/mol. The van der Waals surface area contributed by atoms with E-state index in [9.17, 15) is 13.2 Å². The van der Waals surface area contributed by atoms with Crippen molar-refractivity contribution in [2.24, 2.45) is 0 Å². The van der Waals surface area contributed by atoms with Gasteiger partial charge in [0.05, 0.1) is 17.7 Å². The number of nitrogens with one attached hydrogen (secondary N) is 2. The van der Waals surface area contributed by atoms with Crippen molar-refractivity contribution in [2.45, 2.75) is 18.7 Å². The SMILES string of the molecule is COc1ccc(S(=O)(=O)Nc2ccc(C(=O)Nc3ccc(Cl)cc3C)cc2C)cc1. The number of ether oxygens (including phenoxy) is 1. The van der Waals surface area contributed by atoms with Crippen molar-refractivity contribution in [3.63, 3.8) is 0 Å². The fourth-order valence-corrected chi connectivity index (χ4v) is 4.20. The Morgan fingerprint density at radius 1 is 0.900 bits per heavy atom. The zero-order valence-corrected chi connectivity index (χ0v) is 18.3. The molecule has 8 heteroatoms. The van der Waals surface area contributed by atoms with E-state index in [0.717, 1.165) is 5.56 Å². The second-order valence-corrected chi connectivity index (χ2v) is 8.84. The first-order valence-corrected chi connectivity index (χ1v) is 10.9. The number of benzene rings is 3. The zero-order valence-electron chi connectivity index (χ0n) is 16.7. The lowest BCUT2D eigenvalue weighted by Crippen LogP contribution is -2.15. The molecule has 0 radical (unpaired) electrons. The Labute approximate surface area is 180 Å². The van der Waals surface area contributed by atoms with E-state index >= 15 is 0 Å². The Hall–Kier alpha value is -3.03. The van der Waals surface area contributed by atoms with Gasteiger partial charge in [-0.05, 0) is 85.6 Å². The van der Waals surface area contributed by atoms with Crippen LogP contribution in [0.5, 0.6) is 5.75 Å². The van der Waals surface area contributed by atoms with Crippen LogP contribution in [0.3, 0.4) is 0 Å². The summed E-state index contributed by atoms with van der Waals surface area (Å²) in [6.07, 6.45) is 0. The minimum atomic E-state index is -3.77. The smallest absolute Gasteiger partial charge is 0.261 e. The molecule has 0 fully saturated rings. The van der Waals surface area contributed by atoms with E-state index in [1.165, 1.54) is 19.2 Å². The first-order chi connectivity index (χ1) is 14.2. The van der Waals surface area contributed by atoms with Gasteiger partial charge in [-0.25, -0.2) is 8.42 Å². The Morgan fingerprint density at radius 2 is 1.53 bits per heavy atom. The largest absolute Gasteiger partial charge is 0.497 e. The number of anilines is 2. The van der Waals surface area contributed by atoms with Crippen LogP contribution in [0.15, 0.2) is 65.6 Å². The normalized spacial score (nSPS) is 11.1. The number of methoxy groups -OCH3 is 1. The van der Waals surface area contributed by atoms with Gasteiger partial charge in [-0.2, -0.15) is 0 Å². The van der Waals surface area contributed by atoms with Crippen LogP contribution in [-0.4, -0.2) is 21.4 Å². The molecule has 0 unspecified atom stereocenters. The van der Waals surface area contributed by atoms with E-state index in [-0.39, 0.29) is 10.8 Å². The monoisotopic (exact) mass is 444 g/mol. The minimum Gasteiger partial charge on any atom is -0.497 e. The number of amides is 1. The molecule has 156 valence electrons. The van der Waals surface area contributed by atoms with Crippen LogP contribution in [0.25, 0.3) is 0 Å². The number of carbonyl (C=O) groups excluding carboxylic acids is 1. The van der Waals surface area contributed by atoms with E-state index < -0.39 is 10.0 Å². The van der Waals surface area contributed by atoms with E-state index in [2.05, 4.69) is 10.0 Å². The van der Waals surface area contributed by atoms with Crippen molar-refractivity contribution in [2.75, 3.05) is 17.1 Å². The summed E-state index contributed by atoms with van der Waals surface area (Å²) in [6, 6.07) is 16.1. The number of hydrogen-bond donors (Lipinski definition) is 2. The molecule has 2 N–H and O–H groups in total. The highest BCUT2D eigenvalue weighted by Crippen LogP contribution is 2.24. The molecule has 0 bridgehead atoms. The third kappa shape index (κ3) is 4.93. The van der Waals surface area contributed by atoms with Crippen LogP contribution in [0, 0.1) is 13.8 Å². The van der Waals surface area contributed by atoms with Crippen LogP contribution < -0.4 is 14.8 Å². The Balaban J connectivity index is 1.78. The predicted molar refractivity (Wildman–Crippen MR) is 119 cm³/mol. The molecule has 0 saturated heterocycles. The van der Waals surface area contributed by atoms with Crippen molar-refractivity contribution >= 4 is 38.9 Å². The van der Waals surface area contributed by atoms with Crippen LogP contribution in [0.2, 0.25) is 5.02 Å². The molecule has 0 heterocycles. The van der Waals surface area contributed by atoms with E-state index in [1.807, 2.05) is 6.92 Å². The number of hydrogen-bond acceptors (Lipinski definition) is 4. The van der Waals surface area contributed by atoms with Gasteiger partial charge in [0.15, 0.2) is 0 Å². The first-order valence-electron chi connectivity index (χ1n) is 9.04. The Bertz CT molecular complexity index is 1190. The van der Waals surface area contributed by atoms with Crippen molar-refractivity contribution < 1.29 is 17.9 Å². The van der Waals surface area contributed by atoms with Gasteiger partial charge < -0.3 is 10.1 Å². The van der Waals surface area contributed by atoms with Gasteiger partial charge >= 0.3 is 0 Å². The molecule has 0 aliphatic rings. The third-order valence-corrected chi connectivity index (χ3v) is 6.16. The molecule has 0 aliphatic carbocycles. The number of carbonyl (C=O) groups is 1. The molecular formula is C22H21ClN2O4S. The second kappa shape index (κ2) is 8.77. The first kappa shape index (κ1) is 21.7. The highest BCUT2D eigenvalue weighted by molar-refractivity contribution is 7.92. The number of halogens is 1.